The van der Waals surface area contributed by atoms with Crippen LogP contribution in [0.3, 0.4) is 0 Å². The quantitative estimate of drug-likeness (QED) is 0.474. The average Bonchev–Trinajstić information content (AvgIpc) is 3.36. The number of methoxy groups -OCH3 is 1. The minimum absolute atomic E-state index is 0.314. The molecule has 0 saturated heterocycles. The van der Waals surface area contributed by atoms with Gasteiger partial charge in [-0.2, -0.15) is 5.10 Å². The highest BCUT2D eigenvalue weighted by atomic mass is 16.5. The first-order chi connectivity index (χ1) is 14.1. The van der Waals surface area contributed by atoms with E-state index in [0.29, 0.717) is 13.0 Å². The van der Waals surface area contributed by atoms with Gasteiger partial charge in [0, 0.05) is 36.9 Å². The summed E-state index contributed by atoms with van der Waals surface area (Å²) in [4.78, 5) is 11.1. The Morgan fingerprint density at radius 2 is 2.03 bits per heavy atom. The van der Waals surface area contributed by atoms with Crippen molar-refractivity contribution in [2.24, 2.45) is 0 Å². The number of ether oxygens (including phenoxy) is 1. The molecule has 1 aliphatic rings. The number of carbonyl (C=O) groups is 1. The van der Waals surface area contributed by atoms with Crippen LogP contribution in [0.15, 0.2) is 48.5 Å². The second kappa shape index (κ2) is 8.13. The van der Waals surface area contributed by atoms with Gasteiger partial charge in [-0.25, -0.2) is 4.79 Å². The summed E-state index contributed by atoms with van der Waals surface area (Å²) in [5, 5.41) is 21.0. The van der Waals surface area contributed by atoms with Crippen LogP contribution in [0.4, 0.5) is 16.3 Å². The number of aryl methyl sites for hydroxylation is 1. The number of anilines is 2. The predicted octanol–water partition coefficient (Wildman–Crippen LogP) is 4.16. The fraction of sp³-hybridized carbons (Fsp3) is 0.364. The maximum atomic E-state index is 11.1. The van der Waals surface area contributed by atoms with E-state index in [0.717, 1.165) is 53.8 Å². The molecular weight excluding hydrogens is 368 g/mol. The van der Waals surface area contributed by atoms with Gasteiger partial charge in [-0.15, -0.1) is 0 Å². The second-order valence-corrected chi connectivity index (χ2v) is 7.65. The molecule has 0 bridgehead atoms. The lowest BCUT2D eigenvalue weighted by atomic mass is 10.0. The molecule has 152 valence electrons. The molecule has 4 rings (SSSR count). The Hall–Kier alpha value is -3.06. The molecule has 0 radical (unpaired) electrons. The van der Waals surface area contributed by atoms with Crippen LogP contribution in [-0.4, -0.2) is 40.2 Å². The van der Waals surface area contributed by atoms with Gasteiger partial charge >= 0.3 is 6.09 Å². The van der Waals surface area contributed by atoms with Crippen LogP contribution in [0, 0.1) is 0 Å². The molecule has 29 heavy (non-hydrogen) atoms. The van der Waals surface area contributed by atoms with Gasteiger partial charge in [0.25, 0.3) is 0 Å². The van der Waals surface area contributed by atoms with E-state index >= 15 is 0 Å². The number of aromatic nitrogens is 2. The molecule has 1 amide bonds. The number of hydrogen-bond donors (Lipinski definition) is 3. The zero-order chi connectivity index (χ0) is 20.3. The summed E-state index contributed by atoms with van der Waals surface area (Å²) < 4.78 is 7.20. The Morgan fingerprint density at radius 3 is 2.72 bits per heavy atom. The largest absolute Gasteiger partial charge is 0.465 e. The van der Waals surface area contributed by atoms with Crippen molar-refractivity contribution >= 4 is 28.5 Å². The lowest BCUT2D eigenvalue weighted by Gasteiger charge is -2.15. The molecule has 7 heteroatoms. The molecule has 2 aromatic carbocycles. The minimum Gasteiger partial charge on any atom is -0.465 e. The van der Waals surface area contributed by atoms with Gasteiger partial charge in [-0.1, -0.05) is 24.3 Å². The van der Waals surface area contributed by atoms with Crippen molar-refractivity contribution in [3.8, 4) is 0 Å². The highest BCUT2D eigenvalue weighted by Crippen LogP contribution is 2.39. The highest BCUT2D eigenvalue weighted by molar-refractivity contribution is 5.92. The van der Waals surface area contributed by atoms with E-state index in [1.807, 2.05) is 35.0 Å². The van der Waals surface area contributed by atoms with Gasteiger partial charge in [0.15, 0.2) is 5.82 Å². The first-order valence-electron chi connectivity index (χ1n) is 9.90. The molecule has 0 aliphatic heterocycles. The minimum atomic E-state index is -0.956. The molecule has 1 heterocycles. The zero-order valence-corrected chi connectivity index (χ0v) is 16.5. The van der Waals surface area contributed by atoms with Crippen molar-refractivity contribution in [2.75, 3.05) is 19.0 Å². The van der Waals surface area contributed by atoms with Crippen LogP contribution in [-0.2, 0) is 17.7 Å². The van der Waals surface area contributed by atoms with Crippen molar-refractivity contribution in [2.45, 2.75) is 37.8 Å². The smallest absolute Gasteiger partial charge is 0.405 e. The second-order valence-electron chi connectivity index (χ2n) is 7.65. The van der Waals surface area contributed by atoms with Gasteiger partial charge in [0.2, 0.25) is 0 Å². The number of nitrogens with zero attached hydrogens (tertiary/aromatic N) is 2. The number of carboxylic acid groups (broad SMARTS) is 1. The molecule has 1 fully saturated rings. The van der Waals surface area contributed by atoms with Crippen LogP contribution < -0.4 is 10.6 Å². The third kappa shape index (κ3) is 4.51. The lowest BCUT2D eigenvalue weighted by molar-refractivity contribution is 0.188. The SMILES string of the molecule is COCCCn1nc(Nc2ccccc2)c2ccc(CC3(NC(=O)O)CC3)cc21. The number of hydrogen-bond acceptors (Lipinski definition) is 4. The van der Waals surface area contributed by atoms with Crippen LogP contribution >= 0.6 is 0 Å². The number of nitrogens with one attached hydrogen (secondary N) is 2. The monoisotopic (exact) mass is 394 g/mol. The first-order valence-corrected chi connectivity index (χ1v) is 9.90. The fourth-order valence-corrected chi connectivity index (χ4v) is 3.72. The predicted molar refractivity (Wildman–Crippen MR) is 113 cm³/mol. The number of fused-ring (bicyclic) bond motifs is 1. The molecule has 7 nitrogen and oxygen atoms in total. The molecule has 3 N–H and O–H groups in total. The third-order valence-corrected chi connectivity index (χ3v) is 5.34. The van der Waals surface area contributed by atoms with Crippen molar-refractivity contribution in [1.29, 1.82) is 0 Å². The molecule has 0 spiro atoms. The molecule has 3 aromatic rings. The summed E-state index contributed by atoms with van der Waals surface area (Å²) >= 11 is 0. The Kier molecular flexibility index (Phi) is 5.40. The Labute approximate surface area is 169 Å². The first kappa shape index (κ1) is 19.3. The van der Waals surface area contributed by atoms with Gasteiger partial charge < -0.3 is 20.5 Å². The van der Waals surface area contributed by atoms with Gasteiger partial charge in [0.1, 0.15) is 0 Å². The lowest BCUT2D eigenvalue weighted by Crippen LogP contribution is -2.37. The van der Waals surface area contributed by atoms with Gasteiger partial charge in [-0.05, 0) is 55.5 Å². The Morgan fingerprint density at radius 1 is 1.24 bits per heavy atom. The topological polar surface area (TPSA) is 88.4 Å². The summed E-state index contributed by atoms with van der Waals surface area (Å²) in [6, 6.07) is 16.3. The van der Waals surface area contributed by atoms with Crippen LogP contribution in [0.5, 0.6) is 0 Å². The normalized spacial score (nSPS) is 14.7. The van der Waals surface area contributed by atoms with Gasteiger partial charge in [0.05, 0.1) is 5.52 Å². The van der Waals surface area contributed by atoms with E-state index in [2.05, 4.69) is 28.8 Å². The zero-order valence-electron chi connectivity index (χ0n) is 16.5. The average molecular weight is 394 g/mol. The summed E-state index contributed by atoms with van der Waals surface area (Å²) in [5.74, 6) is 0.819. The fourth-order valence-electron chi connectivity index (χ4n) is 3.72. The Bertz CT molecular complexity index is 996. The standard InChI is InChI=1S/C22H26N4O3/c1-29-13-5-12-26-19-14-16(15-22(10-11-22)24-21(27)28)8-9-18(19)20(25-26)23-17-6-3-2-4-7-17/h2-4,6-9,14,24H,5,10-13,15H2,1H3,(H,23,25)(H,27,28). The van der Waals surface area contributed by atoms with Crippen molar-refractivity contribution < 1.29 is 14.6 Å². The van der Waals surface area contributed by atoms with E-state index in [4.69, 9.17) is 14.9 Å². The molecule has 1 aliphatic carbocycles. The van der Waals surface area contributed by atoms with Crippen molar-refractivity contribution in [3.05, 3.63) is 54.1 Å². The van der Waals surface area contributed by atoms with E-state index in [1.165, 1.54) is 0 Å². The van der Waals surface area contributed by atoms with Crippen LogP contribution in [0.1, 0.15) is 24.8 Å². The summed E-state index contributed by atoms with van der Waals surface area (Å²) in [7, 11) is 1.70. The molecule has 1 aromatic heterocycles. The molecule has 0 unspecified atom stereocenters. The van der Waals surface area contributed by atoms with E-state index in [9.17, 15) is 4.79 Å². The number of rotatable bonds is 9. The molecule has 0 atom stereocenters. The maximum Gasteiger partial charge on any atom is 0.405 e. The van der Waals surface area contributed by atoms with Crippen molar-refractivity contribution in [1.82, 2.24) is 15.1 Å². The third-order valence-electron chi connectivity index (χ3n) is 5.34. The van der Waals surface area contributed by atoms with Gasteiger partial charge in [-0.3, -0.25) is 4.68 Å². The van der Waals surface area contributed by atoms with E-state index in [-0.39, 0.29) is 5.54 Å². The molecular formula is C22H26N4O3. The van der Waals surface area contributed by atoms with Crippen molar-refractivity contribution in [3.63, 3.8) is 0 Å². The number of amides is 1. The van der Waals surface area contributed by atoms with E-state index < -0.39 is 6.09 Å². The summed E-state index contributed by atoms with van der Waals surface area (Å²) in [6.07, 6.45) is 2.37. The van der Waals surface area contributed by atoms with E-state index in [1.54, 1.807) is 7.11 Å². The summed E-state index contributed by atoms with van der Waals surface area (Å²) in [5.41, 5.74) is 2.83. The number of para-hydroxylation sites is 1. The Balaban J connectivity index is 1.64. The number of benzene rings is 2. The maximum absolute atomic E-state index is 11.1. The van der Waals surface area contributed by atoms with Crippen LogP contribution in [0.2, 0.25) is 0 Å². The molecule has 1 saturated carbocycles. The summed E-state index contributed by atoms with van der Waals surface area (Å²) in [6.45, 7) is 1.43. The highest BCUT2D eigenvalue weighted by Gasteiger charge is 2.44. The van der Waals surface area contributed by atoms with Crippen LogP contribution in [0.25, 0.3) is 10.9 Å².